The third-order valence-electron chi connectivity index (χ3n) is 3.23. The lowest BCUT2D eigenvalue weighted by atomic mass is 9.93. The monoisotopic (exact) mass is 287 g/mol. The summed E-state index contributed by atoms with van der Waals surface area (Å²) in [6.45, 7) is 0. The van der Waals surface area contributed by atoms with Gasteiger partial charge < -0.3 is 5.73 Å². The summed E-state index contributed by atoms with van der Waals surface area (Å²) in [6, 6.07) is 6.02. The fourth-order valence-corrected chi connectivity index (χ4v) is 3.29. The highest BCUT2D eigenvalue weighted by Gasteiger charge is 2.24. The molecule has 1 aromatic carbocycles. The largest absolute Gasteiger partial charge is 0.324 e. The molecule has 1 fully saturated rings. The highest BCUT2D eigenvalue weighted by molar-refractivity contribution is 9.10. The molecule has 1 aromatic rings. The Hall–Kier alpha value is -0.0500. The highest BCUT2D eigenvalue weighted by Crippen LogP contribution is 2.37. The maximum atomic E-state index is 6.28. The Morgan fingerprint density at radius 3 is 2.60 bits per heavy atom. The molecule has 2 rings (SSSR count). The lowest BCUT2D eigenvalue weighted by Gasteiger charge is -2.20. The Kier molecular flexibility index (Phi) is 3.70. The van der Waals surface area contributed by atoms with Gasteiger partial charge in [-0.3, -0.25) is 0 Å². The van der Waals surface area contributed by atoms with Gasteiger partial charge in [0.05, 0.1) is 0 Å². The molecule has 15 heavy (non-hydrogen) atoms. The van der Waals surface area contributed by atoms with Gasteiger partial charge in [-0.1, -0.05) is 46.4 Å². The van der Waals surface area contributed by atoms with E-state index >= 15 is 0 Å². The van der Waals surface area contributed by atoms with Crippen molar-refractivity contribution in [1.82, 2.24) is 0 Å². The summed E-state index contributed by atoms with van der Waals surface area (Å²) in [4.78, 5) is 0. The van der Waals surface area contributed by atoms with E-state index in [4.69, 9.17) is 17.3 Å². The van der Waals surface area contributed by atoms with E-state index in [1.807, 2.05) is 18.2 Å². The summed E-state index contributed by atoms with van der Waals surface area (Å²) < 4.78 is 1.04. The molecule has 0 spiro atoms. The zero-order valence-corrected chi connectivity index (χ0v) is 10.9. The van der Waals surface area contributed by atoms with Crippen LogP contribution in [-0.4, -0.2) is 0 Å². The zero-order valence-electron chi connectivity index (χ0n) is 8.55. The lowest BCUT2D eigenvalue weighted by molar-refractivity contribution is 0.444. The number of benzene rings is 1. The molecule has 1 saturated carbocycles. The van der Waals surface area contributed by atoms with Crippen LogP contribution in [0.4, 0.5) is 0 Å². The second-order valence-electron chi connectivity index (χ2n) is 4.24. The van der Waals surface area contributed by atoms with E-state index < -0.39 is 0 Å². The molecule has 3 heteroatoms. The van der Waals surface area contributed by atoms with Crippen molar-refractivity contribution in [2.45, 2.75) is 31.7 Å². The van der Waals surface area contributed by atoms with Crippen LogP contribution >= 0.6 is 27.5 Å². The van der Waals surface area contributed by atoms with Gasteiger partial charge in [0, 0.05) is 15.5 Å². The summed E-state index contributed by atoms with van der Waals surface area (Å²) in [5.41, 5.74) is 7.46. The van der Waals surface area contributed by atoms with Crippen molar-refractivity contribution in [3.05, 3.63) is 33.3 Å². The zero-order chi connectivity index (χ0) is 10.8. The van der Waals surface area contributed by atoms with Gasteiger partial charge in [0.15, 0.2) is 0 Å². The molecule has 1 nitrogen and oxygen atoms in total. The second-order valence-corrected chi connectivity index (χ2v) is 5.53. The third-order valence-corrected chi connectivity index (χ3v) is 4.15. The molecule has 1 atom stereocenters. The molecule has 0 saturated heterocycles. The van der Waals surface area contributed by atoms with Gasteiger partial charge in [-0.25, -0.2) is 0 Å². The number of halogens is 2. The first-order valence-electron chi connectivity index (χ1n) is 5.39. The van der Waals surface area contributed by atoms with Crippen LogP contribution < -0.4 is 5.73 Å². The van der Waals surface area contributed by atoms with Crippen molar-refractivity contribution in [3.63, 3.8) is 0 Å². The van der Waals surface area contributed by atoms with Crippen molar-refractivity contribution in [3.8, 4) is 0 Å². The molecule has 0 heterocycles. The molecular weight excluding hydrogens is 273 g/mol. The van der Waals surface area contributed by atoms with E-state index in [0.717, 1.165) is 9.50 Å². The van der Waals surface area contributed by atoms with E-state index in [2.05, 4.69) is 15.9 Å². The third kappa shape index (κ3) is 2.55. The number of rotatable bonds is 2. The van der Waals surface area contributed by atoms with E-state index in [-0.39, 0.29) is 6.04 Å². The molecule has 0 amide bonds. The molecule has 82 valence electrons. The average Bonchev–Trinajstić information content (AvgIpc) is 2.69. The molecule has 0 aliphatic heterocycles. The molecule has 1 aliphatic rings. The Balaban J connectivity index is 2.20. The van der Waals surface area contributed by atoms with Crippen LogP contribution in [0.5, 0.6) is 0 Å². The lowest BCUT2D eigenvalue weighted by Crippen LogP contribution is -2.19. The van der Waals surface area contributed by atoms with Gasteiger partial charge in [0.1, 0.15) is 0 Å². The Labute approximate surface area is 104 Å². The summed E-state index contributed by atoms with van der Waals surface area (Å²) in [7, 11) is 0. The Bertz CT molecular complexity index is 347. The first-order valence-corrected chi connectivity index (χ1v) is 6.56. The van der Waals surface area contributed by atoms with E-state index in [1.165, 1.54) is 31.2 Å². The SMILES string of the molecule is N[C@H](c1ccc(Cl)cc1Br)C1CCCC1. The number of hydrogen-bond acceptors (Lipinski definition) is 1. The van der Waals surface area contributed by atoms with Crippen molar-refractivity contribution >= 4 is 27.5 Å². The summed E-state index contributed by atoms with van der Waals surface area (Å²) in [5, 5.41) is 0.754. The van der Waals surface area contributed by atoms with Crippen LogP contribution in [0, 0.1) is 5.92 Å². The van der Waals surface area contributed by atoms with Crippen LogP contribution in [0.1, 0.15) is 37.3 Å². The molecule has 1 aliphatic carbocycles. The molecule has 0 unspecified atom stereocenters. The smallest absolute Gasteiger partial charge is 0.0417 e. The van der Waals surface area contributed by atoms with Crippen LogP contribution in [0.2, 0.25) is 5.02 Å². The number of nitrogens with two attached hydrogens (primary N) is 1. The van der Waals surface area contributed by atoms with E-state index in [9.17, 15) is 0 Å². The minimum atomic E-state index is 0.152. The van der Waals surface area contributed by atoms with Gasteiger partial charge in [-0.15, -0.1) is 0 Å². The highest BCUT2D eigenvalue weighted by atomic mass is 79.9. The molecule has 2 N–H and O–H groups in total. The van der Waals surface area contributed by atoms with Gasteiger partial charge in [-0.05, 0) is 36.5 Å². The summed E-state index contributed by atoms with van der Waals surface area (Å²) in [5.74, 6) is 0.641. The summed E-state index contributed by atoms with van der Waals surface area (Å²) in [6.07, 6.45) is 5.17. The van der Waals surface area contributed by atoms with Crippen molar-refractivity contribution in [1.29, 1.82) is 0 Å². The maximum absolute atomic E-state index is 6.28. The van der Waals surface area contributed by atoms with Crippen LogP contribution in [0.25, 0.3) is 0 Å². The predicted octanol–water partition coefficient (Wildman–Crippen LogP) is 4.29. The van der Waals surface area contributed by atoms with Crippen LogP contribution in [0.15, 0.2) is 22.7 Å². The van der Waals surface area contributed by atoms with Crippen LogP contribution in [-0.2, 0) is 0 Å². The van der Waals surface area contributed by atoms with Crippen molar-refractivity contribution < 1.29 is 0 Å². The van der Waals surface area contributed by atoms with Gasteiger partial charge in [0.2, 0.25) is 0 Å². The molecule has 0 aromatic heterocycles. The van der Waals surface area contributed by atoms with E-state index in [0.29, 0.717) is 5.92 Å². The predicted molar refractivity (Wildman–Crippen MR) is 68.0 cm³/mol. The van der Waals surface area contributed by atoms with Gasteiger partial charge >= 0.3 is 0 Å². The standard InChI is InChI=1S/C12H15BrClN/c13-11-7-9(14)5-6-10(11)12(15)8-3-1-2-4-8/h5-8,12H,1-4,15H2/t12-/m0/s1. The minimum absolute atomic E-state index is 0.152. The average molecular weight is 289 g/mol. The van der Waals surface area contributed by atoms with Crippen LogP contribution in [0.3, 0.4) is 0 Å². The molecule has 0 bridgehead atoms. The molecular formula is C12H15BrClN. The Morgan fingerprint density at radius 1 is 1.33 bits per heavy atom. The first-order chi connectivity index (χ1) is 7.18. The topological polar surface area (TPSA) is 26.0 Å². The molecule has 0 radical (unpaired) electrons. The normalized spacial score (nSPS) is 19.4. The second kappa shape index (κ2) is 4.86. The van der Waals surface area contributed by atoms with Crippen molar-refractivity contribution in [2.24, 2.45) is 11.7 Å². The van der Waals surface area contributed by atoms with Gasteiger partial charge in [-0.2, -0.15) is 0 Å². The van der Waals surface area contributed by atoms with E-state index in [1.54, 1.807) is 0 Å². The summed E-state index contributed by atoms with van der Waals surface area (Å²) >= 11 is 9.44. The number of hydrogen-bond donors (Lipinski definition) is 1. The van der Waals surface area contributed by atoms with Gasteiger partial charge in [0.25, 0.3) is 0 Å². The maximum Gasteiger partial charge on any atom is 0.0417 e. The Morgan fingerprint density at radius 2 is 2.00 bits per heavy atom. The quantitative estimate of drug-likeness (QED) is 0.863. The van der Waals surface area contributed by atoms with Crippen molar-refractivity contribution in [2.75, 3.05) is 0 Å². The fraction of sp³-hybridized carbons (Fsp3) is 0.500. The fourth-order valence-electron chi connectivity index (χ4n) is 2.34. The first kappa shape index (κ1) is 11.4. The minimum Gasteiger partial charge on any atom is -0.324 e.